The fourth-order valence-electron chi connectivity index (χ4n) is 2.52. The van der Waals surface area contributed by atoms with Gasteiger partial charge in [-0.05, 0) is 29.8 Å². The molecule has 3 aromatic rings. The normalized spacial score (nSPS) is 10.3. The van der Waals surface area contributed by atoms with E-state index in [0.717, 1.165) is 5.56 Å². The van der Waals surface area contributed by atoms with Gasteiger partial charge in [-0.3, -0.25) is 4.79 Å². The lowest BCUT2D eigenvalue weighted by Gasteiger charge is -2.12. The predicted molar refractivity (Wildman–Crippen MR) is 94.4 cm³/mol. The molecule has 0 amide bonds. The molecular formula is C21H15FO4. The van der Waals surface area contributed by atoms with Crippen LogP contribution in [0.5, 0.6) is 11.5 Å². The molecule has 0 bridgehead atoms. The number of ketones is 1. The summed E-state index contributed by atoms with van der Waals surface area (Å²) in [6, 6.07) is 19.6. The summed E-state index contributed by atoms with van der Waals surface area (Å²) in [4.78, 5) is 23.9. The first-order chi connectivity index (χ1) is 12.6. The lowest BCUT2D eigenvalue weighted by Crippen LogP contribution is -2.10. The highest BCUT2D eigenvalue weighted by Gasteiger charge is 2.23. The maximum absolute atomic E-state index is 14.9. The predicted octanol–water partition coefficient (Wildman–Crippen LogP) is 4.74. The molecule has 26 heavy (non-hydrogen) atoms. The van der Waals surface area contributed by atoms with Gasteiger partial charge in [0, 0.05) is 6.42 Å². The number of hydrogen-bond acceptors (Lipinski definition) is 3. The third-order valence-corrected chi connectivity index (χ3v) is 3.80. The second-order valence-corrected chi connectivity index (χ2v) is 5.61. The largest absolute Gasteiger partial charge is 0.478 e. The number of hydrogen-bond donors (Lipinski definition) is 1. The van der Waals surface area contributed by atoms with E-state index >= 15 is 0 Å². The smallest absolute Gasteiger partial charge is 0.339 e. The quantitative estimate of drug-likeness (QED) is 0.652. The number of aromatic carboxylic acids is 1. The minimum Gasteiger partial charge on any atom is -0.478 e. The van der Waals surface area contributed by atoms with Gasteiger partial charge in [0.2, 0.25) is 0 Å². The van der Waals surface area contributed by atoms with Gasteiger partial charge in [-0.15, -0.1) is 0 Å². The Morgan fingerprint density at radius 3 is 2.04 bits per heavy atom. The van der Waals surface area contributed by atoms with Crippen molar-refractivity contribution in [1.82, 2.24) is 0 Å². The summed E-state index contributed by atoms with van der Waals surface area (Å²) < 4.78 is 20.4. The van der Waals surface area contributed by atoms with Crippen LogP contribution in [0.1, 0.15) is 26.3 Å². The van der Waals surface area contributed by atoms with E-state index < -0.39 is 23.3 Å². The molecule has 0 fully saturated rings. The van der Waals surface area contributed by atoms with Crippen LogP contribution < -0.4 is 4.74 Å². The maximum Gasteiger partial charge on any atom is 0.339 e. The Hall–Kier alpha value is -3.47. The van der Waals surface area contributed by atoms with Crippen LogP contribution in [0.25, 0.3) is 0 Å². The fourth-order valence-corrected chi connectivity index (χ4v) is 2.52. The van der Waals surface area contributed by atoms with E-state index in [0.29, 0.717) is 0 Å². The van der Waals surface area contributed by atoms with Gasteiger partial charge < -0.3 is 9.84 Å². The highest BCUT2D eigenvalue weighted by molar-refractivity contribution is 6.00. The summed E-state index contributed by atoms with van der Waals surface area (Å²) in [5.41, 5.74) is 0.192. The van der Waals surface area contributed by atoms with Crippen molar-refractivity contribution < 1.29 is 23.8 Å². The zero-order valence-electron chi connectivity index (χ0n) is 13.7. The lowest BCUT2D eigenvalue weighted by molar-refractivity contribution is 0.0692. The number of halogens is 1. The average molecular weight is 350 g/mol. The Bertz CT molecular complexity index is 937. The zero-order valence-corrected chi connectivity index (χ0v) is 13.7. The van der Waals surface area contributed by atoms with Gasteiger partial charge in [-0.2, -0.15) is 0 Å². The number of benzene rings is 3. The summed E-state index contributed by atoms with van der Waals surface area (Å²) >= 11 is 0. The second-order valence-electron chi connectivity index (χ2n) is 5.61. The van der Waals surface area contributed by atoms with E-state index in [1.807, 2.05) is 6.07 Å². The summed E-state index contributed by atoms with van der Waals surface area (Å²) in [6.07, 6.45) is 0.00888. The monoisotopic (exact) mass is 350 g/mol. The first kappa shape index (κ1) is 17.4. The lowest BCUT2D eigenvalue weighted by atomic mass is 10.0. The van der Waals surface area contributed by atoms with Gasteiger partial charge in [0.05, 0.1) is 5.56 Å². The summed E-state index contributed by atoms with van der Waals surface area (Å²) in [6.45, 7) is 0. The number of carboxylic acids is 1. The topological polar surface area (TPSA) is 63.6 Å². The van der Waals surface area contributed by atoms with Crippen molar-refractivity contribution >= 4 is 11.8 Å². The number of carbonyl (C=O) groups excluding carboxylic acids is 1. The molecule has 0 unspecified atom stereocenters. The van der Waals surface area contributed by atoms with Crippen molar-refractivity contribution in [3.63, 3.8) is 0 Å². The Morgan fingerprint density at radius 1 is 0.846 bits per heavy atom. The van der Waals surface area contributed by atoms with Crippen LogP contribution in [0.4, 0.5) is 4.39 Å². The molecule has 0 saturated heterocycles. The Morgan fingerprint density at radius 2 is 1.42 bits per heavy atom. The van der Waals surface area contributed by atoms with Crippen LogP contribution in [-0.2, 0) is 6.42 Å². The number of ether oxygens (including phenoxy) is 1. The van der Waals surface area contributed by atoms with Gasteiger partial charge in [-0.25, -0.2) is 9.18 Å². The van der Waals surface area contributed by atoms with Crippen molar-refractivity contribution in [3.05, 3.63) is 95.3 Å². The highest BCUT2D eigenvalue weighted by Crippen LogP contribution is 2.31. The molecule has 0 aliphatic rings. The molecule has 5 heteroatoms. The molecule has 0 atom stereocenters. The van der Waals surface area contributed by atoms with E-state index in [-0.39, 0.29) is 23.3 Å². The van der Waals surface area contributed by atoms with Gasteiger partial charge in [0.1, 0.15) is 11.3 Å². The SMILES string of the molecule is O=C(Cc1ccccc1)c1ccc(C(=O)O)c(Oc2ccccc2)c1F. The molecule has 0 aromatic heterocycles. The van der Waals surface area contributed by atoms with E-state index in [2.05, 4.69) is 0 Å². The summed E-state index contributed by atoms with van der Waals surface area (Å²) in [5, 5.41) is 9.30. The van der Waals surface area contributed by atoms with Crippen LogP contribution in [0.3, 0.4) is 0 Å². The van der Waals surface area contributed by atoms with Crippen molar-refractivity contribution in [2.75, 3.05) is 0 Å². The molecule has 4 nitrogen and oxygen atoms in total. The molecule has 0 radical (unpaired) electrons. The molecule has 3 aromatic carbocycles. The molecule has 0 aliphatic carbocycles. The van der Waals surface area contributed by atoms with Crippen molar-refractivity contribution in [2.24, 2.45) is 0 Å². The van der Waals surface area contributed by atoms with E-state index in [1.54, 1.807) is 54.6 Å². The van der Waals surface area contributed by atoms with Crippen LogP contribution in [0.15, 0.2) is 72.8 Å². The van der Waals surface area contributed by atoms with Gasteiger partial charge in [0.25, 0.3) is 0 Å². The Kier molecular flexibility index (Phi) is 5.08. The first-order valence-electron chi connectivity index (χ1n) is 7.92. The standard InChI is InChI=1S/C21H15FO4/c22-19-16(18(23)13-14-7-3-1-4-8-14)11-12-17(21(24)25)20(19)26-15-9-5-2-6-10-15/h1-12H,13H2,(H,24,25). The number of carbonyl (C=O) groups is 2. The second kappa shape index (κ2) is 7.61. The number of rotatable bonds is 6. The van der Waals surface area contributed by atoms with E-state index in [4.69, 9.17) is 4.74 Å². The first-order valence-corrected chi connectivity index (χ1v) is 7.92. The van der Waals surface area contributed by atoms with E-state index in [9.17, 15) is 19.1 Å². The van der Waals surface area contributed by atoms with Crippen LogP contribution in [0, 0.1) is 5.82 Å². The van der Waals surface area contributed by atoms with Crippen molar-refractivity contribution in [3.8, 4) is 11.5 Å². The maximum atomic E-state index is 14.9. The fraction of sp³-hybridized carbons (Fsp3) is 0.0476. The van der Waals surface area contributed by atoms with Crippen LogP contribution in [0.2, 0.25) is 0 Å². The van der Waals surface area contributed by atoms with Crippen LogP contribution >= 0.6 is 0 Å². The Labute approximate surface area is 149 Å². The molecule has 3 rings (SSSR count). The van der Waals surface area contributed by atoms with E-state index in [1.165, 1.54) is 12.1 Å². The molecular weight excluding hydrogens is 335 g/mol. The minimum atomic E-state index is -1.34. The number of carboxylic acid groups (broad SMARTS) is 1. The average Bonchev–Trinajstić information content (AvgIpc) is 2.64. The molecule has 1 N–H and O–H groups in total. The molecule has 130 valence electrons. The number of Topliss-reactive ketones (excluding diaryl/α,β-unsaturated/α-hetero) is 1. The van der Waals surface area contributed by atoms with Crippen molar-refractivity contribution in [1.29, 1.82) is 0 Å². The Balaban J connectivity index is 1.98. The summed E-state index contributed by atoms with van der Waals surface area (Å²) in [5.74, 6) is -2.96. The highest BCUT2D eigenvalue weighted by atomic mass is 19.1. The zero-order chi connectivity index (χ0) is 18.5. The minimum absolute atomic E-state index is 0.00888. The van der Waals surface area contributed by atoms with Crippen molar-refractivity contribution in [2.45, 2.75) is 6.42 Å². The number of para-hydroxylation sites is 1. The van der Waals surface area contributed by atoms with Gasteiger partial charge in [-0.1, -0.05) is 48.5 Å². The van der Waals surface area contributed by atoms with Gasteiger partial charge in [0.15, 0.2) is 17.3 Å². The third-order valence-electron chi connectivity index (χ3n) is 3.80. The molecule has 0 aliphatic heterocycles. The van der Waals surface area contributed by atoms with Gasteiger partial charge >= 0.3 is 5.97 Å². The molecule has 0 heterocycles. The molecule has 0 saturated carbocycles. The molecule has 0 spiro atoms. The third kappa shape index (κ3) is 3.78. The van der Waals surface area contributed by atoms with Crippen LogP contribution in [-0.4, -0.2) is 16.9 Å². The summed E-state index contributed by atoms with van der Waals surface area (Å²) in [7, 11) is 0.